The van der Waals surface area contributed by atoms with Crippen molar-refractivity contribution in [2.75, 3.05) is 24.7 Å². The van der Waals surface area contributed by atoms with Gasteiger partial charge in [0, 0.05) is 29.5 Å². The molecule has 0 amide bonds. The Labute approximate surface area is 99.1 Å². The molecule has 0 bridgehead atoms. The van der Waals surface area contributed by atoms with Gasteiger partial charge in [-0.15, -0.1) is 0 Å². The van der Waals surface area contributed by atoms with Crippen molar-refractivity contribution in [2.45, 2.75) is 19.4 Å². The summed E-state index contributed by atoms with van der Waals surface area (Å²) < 4.78 is 6.29. The van der Waals surface area contributed by atoms with Gasteiger partial charge in [0.25, 0.3) is 0 Å². The Kier molecular flexibility index (Phi) is 3.99. The van der Waals surface area contributed by atoms with Gasteiger partial charge in [-0.25, -0.2) is 0 Å². The third-order valence-electron chi connectivity index (χ3n) is 2.25. The van der Waals surface area contributed by atoms with Gasteiger partial charge in [-0.1, -0.05) is 0 Å². The molecule has 15 heavy (non-hydrogen) atoms. The largest absolute Gasteiger partial charge is 0.399 e. The van der Waals surface area contributed by atoms with E-state index in [4.69, 9.17) is 10.5 Å². The van der Waals surface area contributed by atoms with E-state index in [-0.39, 0.29) is 5.60 Å². The van der Waals surface area contributed by atoms with Crippen LogP contribution in [0.15, 0.2) is 22.7 Å². The molecule has 0 aliphatic rings. The average molecular weight is 273 g/mol. The Morgan fingerprint density at radius 3 is 2.67 bits per heavy atom. The van der Waals surface area contributed by atoms with Gasteiger partial charge in [0.15, 0.2) is 0 Å². The van der Waals surface area contributed by atoms with Gasteiger partial charge in [-0.05, 0) is 48.0 Å². The van der Waals surface area contributed by atoms with E-state index in [1.165, 1.54) is 0 Å². The topological polar surface area (TPSA) is 47.3 Å². The summed E-state index contributed by atoms with van der Waals surface area (Å²) in [5.74, 6) is 0. The SMILES string of the molecule is COC(C)(C)CNc1ccc(N)cc1Br. The van der Waals surface area contributed by atoms with Crippen LogP contribution in [-0.2, 0) is 4.74 Å². The Balaban J connectivity index is 2.66. The van der Waals surface area contributed by atoms with Gasteiger partial charge in [-0.3, -0.25) is 0 Å². The summed E-state index contributed by atoms with van der Waals surface area (Å²) in [6.45, 7) is 4.81. The molecule has 0 spiro atoms. The third kappa shape index (κ3) is 3.72. The molecular weight excluding hydrogens is 256 g/mol. The summed E-state index contributed by atoms with van der Waals surface area (Å²) in [5.41, 5.74) is 7.24. The second-order valence-corrected chi connectivity index (χ2v) is 4.91. The van der Waals surface area contributed by atoms with Crippen molar-refractivity contribution in [1.82, 2.24) is 0 Å². The lowest BCUT2D eigenvalue weighted by molar-refractivity contribution is 0.0344. The molecular formula is C11H17BrN2O. The summed E-state index contributed by atoms with van der Waals surface area (Å²) >= 11 is 3.45. The zero-order valence-electron chi connectivity index (χ0n) is 9.30. The maximum Gasteiger partial charge on any atom is 0.0794 e. The Morgan fingerprint density at radius 2 is 2.13 bits per heavy atom. The van der Waals surface area contributed by atoms with Crippen molar-refractivity contribution in [1.29, 1.82) is 0 Å². The lowest BCUT2D eigenvalue weighted by atomic mass is 10.1. The van der Waals surface area contributed by atoms with Gasteiger partial charge in [0.05, 0.1) is 5.60 Å². The highest BCUT2D eigenvalue weighted by Crippen LogP contribution is 2.25. The quantitative estimate of drug-likeness (QED) is 0.829. The molecule has 0 saturated heterocycles. The second-order valence-electron chi connectivity index (χ2n) is 4.06. The molecule has 0 fully saturated rings. The molecule has 4 heteroatoms. The van der Waals surface area contributed by atoms with E-state index in [2.05, 4.69) is 21.2 Å². The lowest BCUT2D eigenvalue weighted by Crippen LogP contribution is -2.32. The first-order valence-corrected chi connectivity index (χ1v) is 5.58. The average Bonchev–Trinajstić information content (AvgIpc) is 2.16. The van der Waals surface area contributed by atoms with Crippen LogP contribution in [0.2, 0.25) is 0 Å². The summed E-state index contributed by atoms with van der Waals surface area (Å²) in [6.07, 6.45) is 0. The molecule has 0 atom stereocenters. The van der Waals surface area contributed by atoms with Crippen LogP contribution in [0.25, 0.3) is 0 Å². The number of hydrogen-bond acceptors (Lipinski definition) is 3. The third-order valence-corrected chi connectivity index (χ3v) is 2.91. The first-order chi connectivity index (χ1) is 6.94. The van der Waals surface area contributed by atoms with E-state index in [1.807, 2.05) is 32.0 Å². The highest BCUT2D eigenvalue weighted by Gasteiger charge is 2.16. The summed E-state index contributed by atoms with van der Waals surface area (Å²) in [4.78, 5) is 0. The highest BCUT2D eigenvalue weighted by molar-refractivity contribution is 9.10. The molecule has 1 aromatic rings. The maximum absolute atomic E-state index is 5.65. The minimum atomic E-state index is -0.180. The van der Waals surface area contributed by atoms with Gasteiger partial charge >= 0.3 is 0 Å². The fourth-order valence-electron chi connectivity index (χ4n) is 1.05. The molecule has 0 radical (unpaired) electrons. The first-order valence-electron chi connectivity index (χ1n) is 4.79. The van der Waals surface area contributed by atoms with Crippen LogP contribution < -0.4 is 11.1 Å². The van der Waals surface area contributed by atoms with Crippen LogP contribution in [0.4, 0.5) is 11.4 Å². The van der Waals surface area contributed by atoms with E-state index in [9.17, 15) is 0 Å². The highest BCUT2D eigenvalue weighted by atomic mass is 79.9. The Morgan fingerprint density at radius 1 is 1.47 bits per heavy atom. The van der Waals surface area contributed by atoms with Crippen molar-refractivity contribution < 1.29 is 4.74 Å². The van der Waals surface area contributed by atoms with Crippen molar-refractivity contribution >= 4 is 27.3 Å². The number of methoxy groups -OCH3 is 1. The zero-order chi connectivity index (χ0) is 11.5. The lowest BCUT2D eigenvalue weighted by Gasteiger charge is -2.24. The number of nitrogen functional groups attached to an aromatic ring is 1. The number of halogens is 1. The van der Waals surface area contributed by atoms with Crippen molar-refractivity contribution in [2.24, 2.45) is 0 Å². The van der Waals surface area contributed by atoms with E-state index in [0.29, 0.717) is 0 Å². The molecule has 3 nitrogen and oxygen atoms in total. The van der Waals surface area contributed by atoms with Crippen LogP contribution in [0.5, 0.6) is 0 Å². The number of anilines is 2. The van der Waals surface area contributed by atoms with E-state index >= 15 is 0 Å². The summed E-state index contributed by atoms with van der Waals surface area (Å²) in [6, 6.07) is 5.69. The smallest absolute Gasteiger partial charge is 0.0794 e. The Hall–Kier alpha value is -0.740. The first kappa shape index (κ1) is 12.3. The Bertz CT molecular complexity index is 339. The van der Waals surface area contributed by atoms with Gasteiger partial charge in [0.1, 0.15) is 0 Å². The van der Waals surface area contributed by atoms with Crippen LogP contribution >= 0.6 is 15.9 Å². The van der Waals surface area contributed by atoms with E-state index < -0.39 is 0 Å². The molecule has 0 saturated carbocycles. The maximum atomic E-state index is 5.65. The van der Waals surface area contributed by atoms with Crippen molar-refractivity contribution in [3.05, 3.63) is 22.7 Å². The molecule has 1 aromatic carbocycles. The summed E-state index contributed by atoms with van der Waals surface area (Å²) in [5, 5.41) is 3.30. The standard InChI is InChI=1S/C11H17BrN2O/c1-11(2,15-3)7-14-10-5-4-8(13)6-9(10)12/h4-6,14H,7,13H2,1-3H3. The van der Waals surface area contributed by atoms with Crippen LogP contribution in [0.1, 0.15) is 13.8 Å². The predicted molar refractivity (Wildman–Crippen MR) is 68.1 cm³/mol. The second kappa shape index (κ2) is 4.86. The van der Waals surface area contributed by atoms with Gasteiger partial charge in [0.2, 0.25) is 0 Å². The normalized spacial score (nSPS) is 11.5. The van der Waals surface area contributed by atoms with Gasteiger partial charge in [-0.2, -0.15) is 0 Å². The molecule has 3 N–H and O–H groups in total. The number of hydrogen-bond donors (Lipinski definition) is 2. The van der Waals surface area contributed by atoms with Gasteiger partial charge < -0.3 is 15.8 Å². The fraction of sp³-hybridized carbons (Fsp3) is 0.455. The molecule has 0 aliphatic carbocycles. The zero-order valence-corrected chi connectivity index (χ0v) is 10.9. The number of nitrogens with two attached hydrogens (primary N) is 1. The number of benzene rings is 1. The summed E-state index contributed by atoms with van der Waals surface area (Å²) in [7, 11) is 1.71. The molecule has 0 aromatic heterocycles. The molecule has 0 heterocycles. The number of ether oxygens (including phenoxy) is 1. The molecule has 0 aliphatic heterocycles. The van der Waals surface area contributed by atoms with Crippen LogP contribution in [0, 0.1) is 0 Å². The monoisotopic (exact) mass is 272 g/mol. The van der Waals surface area contributed by atoms with Crippen LogP contribution in [0.3, 0.4) is 0 Å². The molecule has 0 unspecified atom stereocenters. The minimum absolute atomic E-state index is 0.180. The number of rotatable bonds is 4. The minimum Gasteiger partial charge on any atom is -0.399 e. The number of nitrogens with one attached hydrogen (secondary N) is 1. The molecule has 1 rings (SSSR count). The van der Waals surface area contributed by atoms with Crippen molar-refractivity contribution in [3.63, 3.8) is 0 Å². The van der Waals surface area contributed by atoms with Crippen molar-refractivity contribution in [3.8, 4) is 0 Å². The predicted octanol–water partition coefficient (Wildman–Crippen LogP) is 2.87. The fourth-order valence-corrected chi connectivity index (χ4v) is 1.59. The van der Waals surface area contributed by atoms with E-state index in [0.717, 1.165) is 22.4 Å². The van der Waals surface area contributed by atoms with E-state index in [1.54, 1.807) is 7.11 Å². The van der Waals surface area contributed by atoms with Crippen LogP contribution in [-0.4, -0.2) is 19.3 Å². The molecule has 84 valence electrons.